The fourth-order valence-electron chi connectivity index (χ4n) is 2.11. The number of amides is 2. The molecule has 2 amide bonds. The van der Waals surface area contributed by atoms with Crippen molar-refractivity contribution in [1.82, 2.24) is 0 Å². The van der Waals surface area contributed by atoms with Gasteiger partial charge in [-0.3, -0.25) is 4.90 Å². The largest absolute Gasteiger partial charge is 0.490 e. The van der Waals surface area contributed by atoms with Crippen LogP contribution < -0.4 is 15.0 Å². The van der Waals surface area contributed by atoms with Gasteiger partial charge in [-0.05, 0) is 24.3 Å². The molecule has 0 bridgehead atoms. The Hall–Kier alpha value is -2.56. The van der Waals surface area contributed by atoms with Crippen LogP contribution in [0.2, 0.25) is 0 Å². The molecule has 102 valence electrons. The smallest absolute Gasteiger partial charge is 0.326 e. The van der Waals surface area contributed by atoms with Crippen LogP contribution in [0.3, 0.4) is 0 Å². The first-order chi connectivity index (χ1) is 9.74. The van der Waals surface area contributed by atoms with Crippen molar-refractivity contribution in [2.45, 2.75) is 0 Å². The lowest BCUT2D eigenvalue weighted by Gasteiger charge is -2.29. The van der Waals surface area contributed by atoms with E-state index in [-0.39, 0.29) is 6.03 Å². The summed E-state index contributed by atoms with van der Waals surface area (Å²) in [6, 6.07) is 13.0. The zero-order valence-electron chi connectivity index (χ0n) is 10.7. The van der Waals surface area contributed by atoms with Gasteiger partial charge in [0.1, 0.15) is 18.2 Å². The lowest BCUT2D eigenvalue weighted by molar-refractivity contribution is 0.250. The SMILES string of the molecule is O=C(Nc1ccccc1)N1CCOc2ccc(F)cc21. The van der Waals surface area contributed by atoms with Crippen LogP contribution in [-0.2, 0) is 0 Å². The summed E-state index contributed by atoms with van der Waals surface area (Å²) in [6.07, 6.45) is 0. The number of anilines is 2. The molecule has 0 spiro atoms. The number of fused-ring (bicyclic) bond motifs is 1. The minimum Gasteiger partial charge on any atom is -0.490 e. The summed E-state index contributed by atoms with van der Waals surface area (Å²) in [6.45, 7) is 0.774. The number of ether oxygens (including phenoxy) is 1. The summed E-state index contributed by atoms with van der Waals surface area (Å²) in [4.78, 5) is 13.8. The molecule has 0 saturated carbocycles. The topological polar surface area (TPSA) is 41.6 Å². The lowest BCUT2D eigenvalue weighted by atomic mass is 10.2. The molecule has 2 aromatic rings. The predicted octanol–water partition coefficient (Wildman–Crippen LogP) is 3.26. The number of carbonyl (C=O) groups is 1. The van der Waals surface area contributed by atoms with E-state index in [0.717, 1.165) is 0 Å². The van der Waals surface area contributed by atoms with Gasteiger partial charge in [0.25, 0.3) is 0 Å². The highest BCUT2D eigenvalue weighted by Gasteiger charge is 2.24. The van der Waals surface area contributed by atoms with Gasteiger partial charge in [-0.2, -0.15) is 0 Å². The van der Waals surface area contributed by atoms with Crippen molar-refractivity contribution in [3.63, 3.8) is 0 Å². The number of hydrogen-bond acceptors (Lipinski definition) is 2. The monoisotopic (exact) mass is 272 g/mol. The summed E-state index contributed by atoms with van der Waals surface area (Å²) in [5, 5.41) is 2.78. The van der Waals surface area contributed by atoms with E-state index in [1.54, 1.807) is 12.1 Å². The molecule has 1 heterocycles. The Morgan fingerprint density at radius 1 is 1.20 bits per heavy atom. The summed E-state index contributed by atoms with van der Waals surface area (Å²) in [7, 11) is 0. The van der Waals surface area contributed by atoms with Crippen molar-refractivity contribution in [3.8, 4) is 5.75 Å². The first-order valence-corrected chi connectivity index (χ1v) is 6.30. The summed E-state index contributed by atoms with van der Waals surface area (Å²) < 4.78 is 18.8. The molecule has 20 heavy (non-hydrogen) atoms. The molecule has 1 aliphatic rings. The van der Waals surface area contributed by atoms with E-state index >= 15 is 0 Å². The molecule has 0 atom stereocenters. The van der Waals surface area contributed by atoms with Crippen molar-refractivity contribution in [1.29, 1.82) is 0 Å². The first-order valence-electron chi connectivity index (χ1n) is 6.30. The maximum Gasteiger partial charge on any atom is 0.326 e. The minimum atomic E-state index is -0.397. The highest BCUT2D eigenvalue weighted by atomic mass is 19.1. The molecule has 0 unspecified atom stereocenters. The van der Waals surface area contributed by atoms with Gasteiger partial charge < -0.3 is 10.1 Å². The van der Waals surface area contributed by atoms with Gasteiger partial charge in [-0.25, -0.2) is 9.18 Å². The highest BCUT2D eigenvalue weighted by Crippen LogP contribution is 2.32. The number of para-hydroxylation sites is 1. The number of benzene rings is 2. The highest BCUT2D eigenvalue weighted by molar-refractivity contribution is 6.02. The number of urea groups is 1. The molecular weight excluding hydrogens is 259 g/mol. The average molecular weight is 272 g/mol. The molecule has 3 rings (SSSR count). The van der Waals surface area contributed by atoms with E-state index in [9.17, 15) is 9.18 Å². The van der Waals surface area contributed by atoms with Crippen LogP contribution in [0.1, 0.15) is 0 Å². The van der Waals surface area contributed by atoms with E-state index in [1.807, 2.05) is 18.2 Å². The Balaban J connectivity index is 1.85. The van der Waals surface area contributed by atoms with Gasteiger partial charge in [0, 0.05) is 11.8 Å². The summed E-state index contributed by atoms with van der Waals surface area (Å²) in [5.74, 6) is 0.118. The molecule has 1 aliphatic heterocycles. The van der Waals surface area contributed by atoms with Gasteiger partial charge in [0.05, 0.1) is 12.2 Å². The standard InChI is InChI=1S/C15H13FN2O2/c16-11-6-7-14-13(10-11)18(8-9-20-14)15(19)17-12-4-2-1-3-5-12/h1-7,10H,8-9H2,(H,17,19). The second-order valence-electron chi connectivity index (χ2n) is 4.41. The second-order valence-corrected chi connectivity index (χ2v) is 4.41. The number of halogens is 1. The molecule has 5 heteroatoms. The average Bonchev–Trinajstić information content (AvgIpc) is 2.47. The number of nitrogens with zero attached hydrogens (tertiary/aromatic N) is 1. The zero-order valence-corrected chi connectivity index (χ0v) is 10.7. The Morgan fingerprint density at radius 2 is 2.00 bits per heavy atom. The fraction of sp³-hybridized carbons (Fsp3) is 0.133. The maximum absolute atomic E-state index is 13.3. The molecule has 0 radical (unpaired) electrons. The Morgan fingerprint density at radius 3 is 2.80 bits per heavy atom. The van der Waals surface area contributed by atoms with E-state index in [0.29, 0.717) is 30.3 Å². The molecule has 0 fully saturated rings. The molecule has 1 N–H and O–H groups in total. The van der Waals surface area contributed by atoms with Crippen molar-refractivity contribution in [2.24, 2.45) is 0 Å². The Bertz CT molecular complexity index is 631. The van der Waals surface area contributed by atoms with Crippen LogP contribution in [0.15, 0.2) is 48.5 Å². The molecule has 0 saturated heterocycles. The molecule has 0 aliphatic carbocycles. The predicted molar refractivity (Wildman–Crippen MR) is 74.7 cm³/mol. The third kappa shape index (κ3) is 2.42. The molecule has 2 aromatic carbocycles. The van der Waals surface area contributed by atoms with E-state index in [2.05, 4.69) is 5.32 Å². The van der Waals surface area contributed by atoms with Crippen LogP contribution in [0.5, 0.6) is 5.75 Å². The number of nitrogens with one attached hydrogen (secondary N) is 1. The molecule has 0 aromatic heterocycles. The van der Waals surface area contributed by atoms with E-state index in [4.69, 9.17) is 4.74 Å². The van der Waals surface area contributed by atoms with Gasteiger partial charge in [-0.1, -0.05) is 18.2 Å². The zero-order chi connectivity index (χ0) is 13.9. The third-order valence-electron chi connectivity index (χ3n) is 3.05. The minimum absolute atomic E-state index is 0.300. The Kier molecular flexibility index (Phi) is 3.25. The van der Waals surface area contributed by atoms with Crippen molar-refractivity contribution < 1.29 is 13.9 Å². The summed E-state index contributed by atoms with van der Waals surface area (Å²) in [5.41, 5.74) is 1.15. The third-order valence-corrected chi connectivity index (χ3v) is 3.05. The molecular formula is C15H13FN2O2. The van der Waals surface area contributed by atoms with Gasteiger partial charge in [0.15, 0.2) is 0 Å². The number of rotatable bonds is 1. The number of hydrogen-bond donors (Lipinski definition) is 1. The first kappa shape index (κ1) is 12.5. The number of carbonyl (C=O) groups excluding carboxylic acids is 1. The quantitative estimate of drug-likeness (QED) is 0.865. The van der Waals surface area contributed by atoms with E-state index in [1.165, 1.54) is 23.1 Å². The fourth-order valence-corrected chi connectivity index (χ4v) is 2.11. The van der Waals surface area contributed by atoms with Crippen LogP contribution in [0, 0.1) is 5.82 Å². The maximum atomic E-state index is 13.3. The Labute approximate surface area is 115 Å². The van der Waals surface area contributed by atoms with Crippen molar-refractivity contribution >= 4 is 17.4 Å². The van der Waals surface area contributed by atoms with Crippen molar-refractivity contribution in [2.75, 3.05) is 23.4 Å². The van der Waals surface area contributed by atoms with Crippen LogP contribution in [-0.4, -0.2) is 19.2 Å². The summed E-state index contributed by atoms with van der Waals surface area (Å²) >= 11 is 0. The normalized spacial score (nSPS) is 13.3. The molecule has 4 nitrogen and oxygen atoms in total. The van der Waals surface area contributed by atoms with Crippen molar-refractivity contribution in [3.05, 3.63) is 54.3 Å². The second kappa shape index (κ2) is 5.21. The van der Waals surface area contributed by atoms with Gasteiger partial charge in [0.2, 0.25) is 0 Å². The van der Waals surface area contributed by atoms with Crippen LogP contribution >= 0.6 is 0 Å². The van der Waals surface area contributed by atoms with E-state index < -0.39 is 5.82 Å². The van der Waals surface area contributed by atoms with Gasteiger partial charge in [-0.15, -0.1) is 0 Å². The van der Waals surface area contributed by atoms with Gasteiger partial charge >= 0.3 is 6.03 Å². The lowest BCUT2D eigenvalue weighted by Crippen LogP contribution is -2.40. The van der Waals surface area contributed by atoms with Crippen LogP contribution in [0.4, 0.5) is 20.6 Å². The van der Waals surface area contributed by atoms with Crippen LogP contribution in [0.25, 0.3) is 0 Å².